The lowest BCUT2D eigenvalue weighted by Crippen LogP contribution is -2.47. The second-order valence-corrected chi connectivity index (χ2v) is 7.72. The molecule has 27 heavy (non-hydrogen) atoms. The van der Waals surface area contributed by atoms with Gasteiger partial charge in [0.15, 0.2) is 11.5 Å². The van der Waals surface area contributed by atoms with Gasteiger partial charge in [0.25, 0.3) is 5.91 Å². The highest BCUT2D eigenvalue weighted by atomic mass is 16.5. The van der Waals surface area contributed by atoms with E-state index in [0.717, 1.165) is 43.5 Å². The summed E-state index contributed by atoms with van der Waals surface area (Å²) in [5.74, 6) is 0.506. The fourth-order valence-electron chi connectivity index (χ4n) is 4.58. The molecule has 3 aromatic rings. The summed E-state index contributed by atoms with van der Waals surface area (Å²) in [5.41, 5.74) is 4.70. The highest BCUT2D eigenvalue weighted by molar-refractivity contribution is 5.93. The van der Waals surface area contributed by atoms with Crippen LogP contribution in [0.15, 0.2) is 23.0 Å². The highest BCUT2D eigenvalue weighted by Crippen LogP contribution is 2.44. The van der Waals surface area contributed by atoms with Crippen molar-refractivity contribution in [2.24, 2.45) is 7.05 Å². The zero-order chi connectivity index (χ0) is 18.6. The highest BCUT2D eigenvalue weighted by Gasteiger charge is 2.44. The number of piperidine rings is 1. The van der Waals surface area contributed by atoms with Crippen LogP contribution in [-0.2, 0) is 18.9 Å². The zero-order valence-electron chi connectivity index (χ0n) is 15.5. The number of hydrogen-bond acceptors (Lipinski definition) is 5. The van der Waals surface area contributed by atoms with Gasteiger partial charge in [0, 0.05) is 43.0 Å². The number of nitrogens with zero attached hydrogens (tertiary/aromatic N) is 5. The van der Waals surface area contributed by atoms with E-state index >= 15 is 0 Å². The third kappa shape index (κ3) is 2.43. The average Bonchev–Trinajstić information content (AvgIpc) is 3.44. The van der Waals surface area contributed by atoms with Gasteiger partial charge in [-0.25, -0.2) is 0 Å². The first-order valence-corrected chi connectivity index (χ1v) is 9.35. The van der Waals surface area contributed by atoms with Gasteiger partial charge in [-0.15, -0.1) is 0 Å². The Bertz CT molecular complexity index is 1020. The summed E-state index contributed by atoms with van der Waals surface area (Å²) in [7, 11) is 1.87. The lowest BCUT2D eigenvalue weighted by atomic mass is 9.77. The van der Waals surface area contributed by atoms with E-state index < -0.39 is 0 Å². The third-order valence-electron chi connectivity index (χ3n) is 6.22. The van der Waals surface area contributed by atoms with Crippen molar-refractivity contribution < 1.29 is 9.32 Å². The Labute approximate surface area is 156 Å². The second-order valence-electron chi connectivity index (χ2n) is 7.72. The zero-order valence-corrected chi connectivity index (χ0v) is 15.5. The standard InChI is InChI=1S/C19H22N6O2/c1-12-14(10-21-24(12)2)16-8-15(23-27-16)18(26)25-7-3-5-19(11-25)6-4-13-9-20-22-17(13)19/h8-10H,3-7,11H2,1-2H3,(H,20,22). The molecule has 1 atom stereocenters. The smallest absolute Gasteiger partial charge is 0.276 e. The molecule has 8 heteroatoms. The monoisotopic (exact) mass is 366 g/mol. The maximum atomic E-state index is 13.1. The van der Waals surface area contributed by atoms with Crippen molar-refractivity contribution in [3.8, 4) is 11.3 Å². The number of aryl methyl sites for hydroxylation is 2. The number of rotatable bonds is 2. The van der Waals surface area contributed by atoms with Gasteiger partial charge in [0.2, 0.25) is 0 Å². The molecule has 0 radical (unpaired) electrons. The van der Waals surface area contributed by atoms with Crippen LogP contribution in [0.25, 0.3) is 11.3 Å². The number of hydrogen-bond donors (Lipinski definition) is 1. The number of H-pyrrole nitrogens is 1. The number of aromatic amines is 1. The first kappa shape index (κ1) is 16.3. The van der Waals surface area contributed by atoms with Crippen molar-refractivity contribution in [2.45, 2.75) is 38.0 Å². The largest absolute Gasteiger partial charge is 0.355 e. The summed E-state index contributed by atoms with van der Waals surface area (Å²) in [6.45, 7) is 3.41. The topological polar surface area (TPSA) is 92.8 Å². The first-order chi connectivity index (χ1) is 13.1. The van der Waals surface area contributed by atoms with Crippen molar-refractivity contribution in [3.63, 3.8) is 0 Å². The van der Waals surface area contributed by atoms with Crippen LogP contribution < -0.4 is 0 Å². The molecule has 3 aromatic heterocycles. The Morgan fingerprint density at radius 2 is 2.22 bits per heavy atom. The van der Waals surface area contributed by atoms with Crippen LogP contribution in [0.4, 0.5) is 0 Å². The van der Waals surface area contributed by atoms with E-state index in [2.05, 4.69) is 20.5 Å². The predicted molar refractivity (Wildman–Crippen MR) is 97.2 cm³/mol. The third-order valence-corrected chi connectivity index (χ3v) is 6.22. The van der Waals surface area contributed by atoms with Crippen molar-refractivity contribution >= 4 is 5.91 Å². The van der Waals surface area contributed by atoms with Crippen LogP contribution in [0.1, 0.15) is 46.7 Å². The van der Waals surface area contributed by atoms with E-state index in [1.807, 2.05) is 25.1 Å². The fourth-order valence-corrected chi connectivity index (χ4v) is 4.58. The molecule has 2 aliphatic rings. The molecule has 1 unspecified atom stereocenters. The molecular weight excluding hydrogens is 344 g/mol. The van der Waals surface area contributed by atoms with Gasteiger partial charge in [-0.2, -0.15) is 10.2 Å². The van der Waals surface area contributed by atoms with Gasteiger partial charge in [-0.05, 0) is 38.2 Å². The van der Waals surface area contributed by atoms with Gasteiger partial charge in [-0.3, -0.25) is 14.6 Å². The van der Waals surface area contributed by atoms with Crippen LogP contribution in [0.2, 0.25) is 0 Å². The maximum Gasteiger partial charge on any atom is 0.276 e. The van der Waals surface area contributed by atoms with E-state index in [1.165, 1.54) is 11.3 Å². The van der Waals surface area contributed by atoms with Crippen molar-refractivity contribution in [3.05, 3.63) is 41.1 Å². The van der Waals surface area contributed by atoms with E-state index in [0.29, 0.717) is 18.0 Å². The molecule has 1 saturated heterocycles. The number of carbonyl (C=O) groups is 1. The quantitative estimate of drug-likeness (QED) is 0.751. The number of carbonyl (C=O) groups excluding carboxylic acids is 1. The fraction of sp³-hybridized carbons (Fsp3) is 0.474. The minimum atomic E-state index is -0.0708. The molecule has 0 aromatic carbocycles. The summed E-state index contributed by atoms with van der Waals surface area (Å²) in [6.07, 6.45) is 7.83. The van der Waals surface area contributed by atoms with Crippen molar-refractivity contribution in [2.75, 3.05) is 13.1 Å². The van der Waals surface area contributed by atoms with E-state index in [9.17, 15) is 4.79 Å². The maximum absolute atomic E-state index is 13.1. The molecule has 1 aliphatic carbocycles. The number of likely N-dealkylation sites (tertiary alicyclic amines) is 1. The SMILES string of the molecule is Cc1c(-c2cc(C(=O)N3CCCC4(CCc5cn[nH]c54)C3)no2)cnn1C. The van der Waals surface area contributed by atoms with Crippen LogP contribution in [0.3, 0.4) is 0 Å². The Balaban J connectivity index is 1.40. The summed E-state index contributed by atoms with van der Waals surface area (Å²) >= 11 is 0. The summed E-state index contributed by atoms with van der Waals surface area (Å²) in [4.78, 5) is 15.0. The van der Waals surface area contributed by atoms with Crippen LogP contribution in [-0.4, -0.2) is 49.0 Å². The molecule has 1 spiro atoms. The lowest BCUT2D eigenvalue weighted by molar-refractivity contribution is 0.0622. The molecule has 5 rings (SSSR count). The van der Waals surface area contributed by atoms with Gasteiger partial charge >= 0.3 is 0 Å². The molecule has 1 fully saturated rings. The molecule has 8 nitrogen and oxygen atoms in total. The lowest BCUT2D eigenvalue weighted by Gasteiger charge is -2.40. The second kappa shape index (κ2) is 5.80. The molecule has 1 N–H and O–H groups in total. The summed E-state index contributed by atoms with van der Waals surface area (Å²) in [6, 6.07) is 1.73. The molecule has 1 aliphatic heterocycles. The molecule has 0 bridgehead atoms. The number of fused-ring (bicyclic) bond motifs is 2. The van der Waals surface area contributed by atoms with Crippen LogP contribution >= 0.6 is 0 Å². The molecule has 0 saturated carbocycles. The van der Waals surface area contributed by atoms with Gasteiger partial charge in [0.1, 0.15) is 0 Å². The minimum Gasteiger partial charge on any atom is -0.355 e. The summed E-state index contributed by atoms with van der Waals surface area (Å²) in [5, 5.41) is 15.7. The number of amides is 1. The number of aromatic nitrogens is 5. The first-order valence-electron chi connectivity index (χ1n) is 9.35. The summed E-state index contributed by atoms with van der Waals surface area (Å²) < 4.78 is 7.22. The predicted octanol–water partition coefficient (Wildman–Crippen LogP) is 2.23. The Morgan fingerprint density at radius 1 is 1.33 bits per heavy atom. The molecule has 1 amide bonds. The molecule has 140 valence electrons. The van der Waals surface area contributed by atoms with Crippen molar-refractivity contribution in [1.29, 1.82) is 0 Å². The van der Waals surface area contributed by atoms with E-state index in [1.54, 1.807) is 16.9 Å². The normalized spacial score (nSPS) is 21.8. The Kier molecular flexibility index (Phi) is 3.50. The van der Waals surface area contributed by atoms with Crippen LogP contribution in [0, 0.1) is 6.92 Å². The van der Waals surface area contributed by atoms with E-state index in [-0.39, 0.29) is 11.3 Å². The average molecular weight is 366 g/mol. The minimum absolute atomic E-state index is 0.00620. The molecule has 4 heterocycles. The van der Waals surface area contributed by atoms with Gasteiger partial charge < -0.3 is 9.42 Å². The van der Waals surface area contributed by atoms with Crippen molar-refractivity contribution in [1.82, 2.24) is 30.0 Å². The van der Waals surface area contributed by atoms with Gasteiger partial charge in [0.05, 0.1) is 18.0 Å². The molecular formula is C19H22N6O2. The van der Waals surface area contributed by atoms with Gasteiger partial charge in [-0.1, -0.05) is 5.16 Å². The Hall–Kier alpha value is -2.90. The van der Waals surface area contributed by atoms with E-state index in [4.69, 9.17) is 4.52 Å². The number of nitrogens with one attached hydrogen (secondary N) is 1. The van der Waals surface area contributed by atoms with Crippen LogP contribution in [0.5, 0.6) is 0 Å². The Morgan fingerprint density at radius 3 is 3.04 bits per heavy atom.